The summed E-state index contributed by atoms with van der Waals surface area (Å²) in [5.41, 5.74) is 4.19. The van der Waals surface area contributed by atoms with Crippen molar-refractivity contribution in [2.75, 3.05) is 0 Å². The van der Waals surface area contributed by atoms with Crippen LogP contribution in [0.2, 0.25) is 0 Å². The molecule has 0 saturated carbocycles. The molecular weight excluding hydrogens is 188 g/mol. The molecule has 0 amide bonds. The van der Waals surface area contributed by atoms with E-state index in [2.05, 4.69) is 16.2 Å². The molecule has 0 aliphatic rings. The van der Waals surface area contributed by atoms with Gasteiger partial charge >= 0.3 is 0 Å². The average molecular weight is 200 g/mol. The minimum Gasteiger partial charge on any atom is -0.250 e. The van der Waals surface area contributed by atoms with Gasteiger partial charge in [-0.05, 0) is 26.3 Å². The van der Waals surface area contributed by atoms with Crippen LogP contribution in [0, 0.1) is 32.1 Å². The number of aryl methyl sites for hydroxylation is 4. The lowest BCUT2D eigenvalue weighted by Gasteiger charge is -2.03. The van der Waals surface area contributed by atoms with E-state index >= 15 is 0 Å². The van der Waals surface area contributed by atoms with Gasteiger partial charge in [0.2, 0.25) is 0 Å². The Morgan fingerprint density at radius 1 is 1.20 bits per heavy atom. The van der Waals surface area contributed by atoms with E-state index in [1.165, 1.54) is 0 Å². The van der Waals surface area contributed by atoms with Crippen LogP contribution in [0.15, 0.2) is 0 Å². The zero-order valence-electron chi connectivity index (χ0n) is 9.29. The van der Waals surface area contributed by atoms with Gasteiger partial charge in [0, 0.05) is 12.4 Å². The van der Waals surface area contributed by atoms with Crippen molar-refractivity contribution in [3.8, 4) is 6.07 Å². The Labute approximate surface area is 88.2 Å². The molecule has 4 heteroatoms. The van der Waals surface area contributed by atoms with E-state index in [1.54, 1.807) is 4.68 Å². The monoisotopic (exact) mass is 200 g/mol. The molecule has 0 aromatic carbocycles. The highest BCUT2D eigenvalue weighted by Gasteiger charge is 2.14. The van der Waals surface area contributed by atoms with Crippen molar-refractivity contribution in [3.63, 3.8) is 0 Å². The van der Waals surface area contributed by atoms with E-state index in [-0.39, 0.29) is 0 Å². The zero-order chi connectivity index (χ0) is 11.2. The van der Waals surface area contributed by atoms with Crippen LogP contribution in [-0.2, 0) is 7.05 Å². The van der Waals surface area contributed by atoms with Crippen LogP contribution in [0.5, 0.6) is 0 Å². The van der Waals surface area contributed by atoms with Crippen LogP contribution in [0.1, 0.15) is 22.5 Å². The molecule has 0 aliphatic carbocycles. The molecule has 0 bridgehead atoms. The number of rotatable bonds is 0. The second-order valence-corrected chi connectivity index (χ2v) is 3.72. The van der Waals surface area contributed by atoms with Gasteiger partial charge < -0.3 is 0 Å². The molecule has 0 saturated heterocycles. The summed E-state index contributed by atoms with van der Waals surface area (Å²) in [5.74, 6) is 0. The fourth-order valence-electron chi connectivity index (χ4n) is 1.99. The highest BCUT2D eigenvalue weighted by molar-refractivity contribution is 5.84. The van der Waals surface area contributed by atoms with Gasteiger partial charge in [0.15, 0.2) is 5.65 Å². The largest absolute Gasteiger partial charge is 0.250 e. The molecule has 0 radical (unpaired) electrons. The Hall–Kier alpha value is -1.89. The Kier molecular flexibility index (Phi) is 1.97. The molecule has 4 nitrogen and oxygen atoms in total. The first-order chi connectivity index (χ1) is 7.06. The second-order valence-electron chi connectivity index (χ2n) is 3.72. The summed E-state index contributed by atoms with van der Waals surface area (Å²) in [6.07, 6.45) is 0. The standard InChI is InChI=1S/C11H12N4/c1-6-9(5-12)7(2)13-11-10(6)8(3)14-15(11)4/h1-4H3. The van der Waals surface area contributed by atoms with Crippen LogP contribution in [-0.4, -0.2) is 14.8 Å². The highest BCUT2D eigenvalue weighted by atomic mass is 15.3. The fourth-order valence-corrected chi connectivity index (χ4v) is 1.99. The van der Waals surface area contributed by atoms with Gasteiger partial charge in [-0.25, -0.2) is 4.98 Å². The number of nitriles is 1. The molecule has 76 valence electrons. The van der Waals surface area contributed by atoms with Gasteiger partial charge in [-0.3, -0.25) is 4.68 Å². The lowest BCUT2D eigenvalue weighted by Crippen LogP contribution is -1.97. The van der Waals surface area contributed by atoms with Gasteiger partial charge in [-0.1, -0.05) is 0 Å². The first-order valence-corrected chi connectivity index (χ1v) is 4.77. The van der Waals surface area contributed by atoms with Crippen LogP contribution < -0.4 is 0 Å². The molecule has 2 rings (SSSR count). The molecule has 0 aliphatic heterocycles. The van der Waals surface area contributed by atoms with Crippen LogP contribution in [0.4, 0.5) is 0 Å². The van der Waals surface area contributed by atoms with Crippen molar-refractivity contribution < 1.29 is 0 Å². The number of nitrogens with zero attached hydrogens (tertiary/aromatic N) is 4. The van der Waals surface area contributed by atoms with Crippen LogP contribution in [0.3, 0.4) is 0 Å². The van der Waals surface area contributed by atoms with Gasteiger partial charge in [0.1, 0.15) is 6.07 Å². The van der Waals surface area contributed by atoms with Crippen molar-refractivity contribution in [1.29, 1.82) is 5.26 Å². The first kappa shape index (κ1) is 9.66. The van der Waals surface area contributed by atoms with E-state index in [4.69, 9.17) is 5.26 Å². The van der Waals surface area contributed by atoms with Gasteiger partial charge in [-0.2, -0.15) is 10.4 Å². The summed E-state index contributed by atoms with van der Waals surface area (Å²) < 4.78 is 1.76. The van der Waals surface area contributed by atoms with Gasteiger partial charge in [0.25, 0.3) is 0 Å². The lowest BCUT2D eigenvalue weighted by atomic mass is 10.0. The molecule has 2 aromatic rings. The van der Waals surface area contributed by atoms with E-state index in [0.29, 0.717) is 5.56 Å². The summed E-state index contributed by atoms with van der Waals surface area (Å²) in [5, 5.41) is 14.4. The minimum absolute atomic E-state index is 0.665. The van der Waals surface area contributed by atoms with Gasteiger partial charge in [-0.15, -0.1) is 0 Å². The van der Waals surface area contributed by atoms with E-state index in [9.17, 15) is 0 Å². The third kappa shape index (κ3) is 1.20. The van der Waals surface area contributed by atoms with Gasteiger partial charge in [0.05, 0.1) is 17.0 Å². The Morgan fingerprint density at radius 3 is 2.47 bits per heavy atom. The molecule has 0 spiro atoms. The summed E-state index contributed by atoms with van der Waals surface area (Å²) in [4.78, 5) is 4.41. The fraction of sp³-hybridized carbons (Fsp3) is 0.364. The SMILES string of the molecule is Cc1nc2c(c(C)nn2C)c(C)c1C#N. The third-order valence-electron chi connectivity index (χ3n) is 2.69. The van der Waals surface area contributed by atoms with Crippen molar-refractivity contribution in [2.45, 2.75) is 20.8 Å². The molecule has 15 heavy (non-hydrogen) atoms. The maximum atomic E-state index is 9.04. The van der Waals surface area contributed by atoms with E-state index in [1.807, 2.05) is 27.8 Å². The van der Waals surface area contributed by atoms with E-state index < -0.39 is 0 Å². The number of hydrogen-bond acceptors (Lipinski definition) is 3. The van der Waals surface area contributed by atoms with Crippen LogP contribution >= 0.6 is 0 Å². The maximum absolute atomic E-state index is 9.04. The van der Waals surface area contributed by atoms with Crippen molar-refractivity contribution in [1.82, 2.24) is 14.8 Å². The average Bonchev–Trinajstić information content (AvgIpc) is 2.42. The summed E-state index contributed by atoms with van der Waals surface area (Å²) in [6, 6.07) is 2.19. The first-order valence-electron chi connectivity index (χ1n) is 4.77. The Balaban J connectivity index is 3.02. The molecule has 2 heterocycles. The highest BCUT2D eigenvalue weighted by Crippen LogP contribution is 2.24. The molecule has 0 unspecified atom stereocenters. The van der Waals surface area contributed by atoms with E-state index in [0.717, 1.165) is 28.0 Å². The number of aromatic nitrogens is 3. The molecule has 0 N–H and O–H groups in total. The molecule has 2 aromatic heterocycles. The van der Waals surface area contributed by atoms with Crippen molar-refractivity contribution >= 4 is 11.0 Å². The lowest BCUT2D eigenvalue weighted by molar-refractivity contribution is 0.772. The summed E-state index contributed by atoms with van der Waals surface area (Å²) in [6.45, 7) is 5.74. The number of pyridine rings is 1. The minimum atomic E-state index is 0.665. The van der Waals surface area contributed by atoms with Crippen molar-refractivity contribution in [2.24, 2.45) is 7.05 Å². The second kappa shape index (κ2) is 3.06. The Bertz CT molecular complexity index is 587. The maximum Gasteiger partial charge on any atom is 0.158 e. The number of hydrogen-bond donors (Lipinski definition) is 0. The quantitative estimate of drug-likeness (QED) is 0.651. The third-order valence-corrected chi connectivity index (χ3v) is 2.69. The topological polar surface area (TPSA) is 54.5 Å². The zero-order valence-corrected chi connectivity index (χ0v) is 9.29. The molecular formula is C11H12N4. The predicted octanol–water partition coefficient (Wildman–Crippen LogP) is 1.77. The van der Waals surface area contributed by atoms with Crippen LogP contribution in [0.25, 0.3) is 11.0 Å². The Morgan fingerprint density at radius 2 is 1.87 bits per heavy atom. The van der Waals surface area contributed by atoms with Crippen molar-refractivity contribution in [3.05, 3.63) is 22.5 Å². The normalized spacial score (nSPS) is 10.6. The number of fused-ring (bicyclic) bond motifs is 1. The smallest absolute Gasteiger partial charge is 0.158 e. The summed E-state index contributed by atoms with van der Waals surface area (Å²) >= 11 is 0. The summed E-state index contributed by atoms with van der Waals surface area (Å²) in [7, 11) is 1.87. The molecule has 0 fully saturated rings. The predicted molar refractivity (Wildman–Crippen MR) is 57.4 cm³/mol. The molecule has 0 atom stereocenters.